The van der Waals surface area contributed by atoms with Crippen LogP contribution in [-0.2, 0) is 0 Å². The van der Waals surface area contributed by atoms with Gasteiger partial charge in [0.15, 0.2) is 0 Å². The Morgan fingerprint density at radius 3 is 2.36 bits per heavy atom. The van der Waals surface area contributed by atoms with Crippen molar-refractivity contribution >= 4 is 18.1 Å². The minimum atomic E-state index is 0. The molecule has 0 amide bonds. The maximum atomic E-state index is 5.48. The average molecular weight is 215 g/mol. The molecule has 0 heterocycles. The predicted octanol–water partition coefficient (Wildman–Crippen LogP) is 2.28. The summed E-state index contributed by atoms with van der Waals surface area (Å²) in [6.45, 7) is 5.04. The van der Waals surface area contributed by atoms with E-state index in [0.29, 0.717) is 0 Å². The van der Waals surface area contributed by atoms with Gasteiger partial charge in [-0.2, -0.15) is 0 Å². The van der Waals surface area contributed by atoms with Crippen LogP contribution in [0, 0.1) is 0 Å². The molecule has 1 rings (SSSR count). The molecular weight excluding hydrogens is 196 g/mol. The zero-order valence-electron chi connectivity index (χ0n) is 8.65. The highest BCUT2D eigenvalue weighted by molar-refractivity contribution is 5.85. The SMILES string of the molecule is CCN(CCCN)c1ccccc1.Cl. The normalized spacial score (nSPS) is 9.29. The van der Waals surface area contributed by atoms with Crippen molar-refractivity contribution in [2.75, 3.05) is 24.5 Å². The van der Waals surface area contributed by atoms with Crippen molar-refractivity contribution in [2.45, 2.75) is 13.3 Å². The number of hydrogen-bond donors (Lipinski definition) is 1. The molecule has 1 aromatic rings. The number of hydrogen-bond acceptors (Lipinski definition) is 2. The van der Waals surface area contributed by atoms with E-state index < -0.39 is 0 Å². The lowest BCUT2D eigenvalue weighted by atomic mass is 10.2. The lowest BCUT2D eigenvalue weighted by molar-refractivity contribution is 0.754. The molecule has 0 aliphatic heterocycles. The van der Waals surface area contributed by atoms with Gasteiger partial charge < -0.3 is 10.6 Å². The third-order valence-corrected chi connectivity index (χ3v) is 2.14. The Morgan fingerprint density at radius 2 is 1.86 bits per heavy atom. The number of benzene rings is 1. The zero-order chi connectivity index (χ0) is 9.52. The van der Waals surface area contributed by atoms with Crippen LogP contribution in [0.15, 0.2) is 30.3 Å². The molecule has 2 N–H and O–H groups in total. The van der Waals surface area contributed by atoms with Crippen molar-refractivity contribution in [3.05, 3.63) is 30.3 Å². The second kappa shape index (κ2) is 7.65. The van der Waals surface area contributed by atoms with Crippen LogP contribution in [0.1, 0.15) is 13.3 Å². The summed E-state index contributed by atoms with van der Waals surface area (Å²) in [5.74, 6) is 0. The molecule has 0 atom stereocenters. The van der Waals surface area contributed by atoms with Crippen molar-refractivity contribution in [2.24, 2.45) is 5.73 Å². The van der Waals surface area contributed by atoms with E-state index in [1.807, 2.05) is 6.07 Å². The summed E-state index contributed by atoms with van der Waals surface area (Å²) in [6, 6.07) is 10.5. The Hall–Kier alpha value is -0.730. The summed E-state index contributed by atoms with van der Waals surface area (Å²) in [4.78, 5) is 2.34. The first kappa shape index (κ1) is 13.3. The molecule has 80 valence electrons. The summed E-state index contributed by atoms with van der Waals surface area (Å²) in [6.07, 6.45) is 1.06. The molecule has 0 saturated carbocycles. The maximum Gasteiger partial charge on any atom is 0.0366 e. The molecule has 3 heteroatoms. The molecule has 0 fully saturated rings. The van der Waals surface area contributed by atoms with E-state index in [-0.39, 0.29) is 12.4 Å². The summed E-state index contributed by atoms with van der Waals surface area (Å²) in [5.41, 5.74) is 6.77. The van der Waals surface area contributed by atoms with Gasteiger partial charge in [-0.3, -0.25) is 0 Å². The monoisotopic (exact) mass is 214 g/mol. The Bertz CT molecular complexity index is 226. The topological polar surface area (TPSA) is 29.3 Å². The highest BCUT2D eigenvalue weighted by atomic mass is 35.5. The summed E-state index contributed by atoms with van der Waals surface area (Å²) in [7, 11) is 0. The van der Waals surface area contributed by atoms with Gasteiger partial charge >= 0.3 is 0 Å². The van der Waals surface area contributed by atoms with Crippen LogP contribution >= 0.6 is 12.4 Å². The molecule has 0 aliphatic rings. The number of nitrogens with two attached hydrogens (primary N) is 1. The second-order valence-electron chi connectivity index (χ2n) is 3.06. The fourth-order valence-corrected chi connectivity index (χ4v) is 1.39. The Kier molecular flexibility index (Phi) is 7.25. The van der Waals surface area contributed by atoms with Gasteiger partial charge in [-0.1, -0.05) is 18.2 Å². The molecule has 0 unspecified atom stereocenters. The maximum absolute atomic E-state index is 5.48. The molecule has 0 bridgehead atoms. The van der Waals surface area contributed by atoms with Crippen LogP contribution in [0.5, 0.6) is 0 Å². The van der Waals surface area contributed by atoms with E-state index in [1.165, 1.54) is 5.69 Å². The van der Waals surface area contributed by atoms with Crippen LogP contribution in [0.2, 0.25) is 0 Å². The number of anilines is 1. The van der Waals surface area contributed by atoms with Gasteiger partial charge in [0.25, 0.3) is 0 Å². The van der Waals surface area contributed by atoms with E-state index in [9.17, 15) is 0 Å². The van der Waals surface area contributed by atoms with Crippen LogP contribution in [0.3, 0.4) is 0 Å². The van der Waals surface area contributed by atoms with E-state index in [1.54, 1.807) is 0 Å². The van der Waals surface area contributed by atoms with Gasteiger partial charge in [-0.05, 0) is 32.0 Å². The first-order chi connectivity index (χ1) is 6.38. The molecule has 0 saturated heterocycles. The number of rotatable bonds is 5. The van der Waals surface area contributed by atoms with Crippen molar-refractivity contribution in [1.82, 2.24) is 0 Å². The summed E-state index contributed by atoms with van der Waals surface area (Å²) in [5, 5.41) is 0. The molecule has 2 nitrogen and oxygen atoms in total. The van der Waals surface area contributed by atoms with E-state index in [2.05, 4.69) is 36.1 Å². The lowest BCUT2D eigenvalue weighted by Crippen LogP contribution is -2.25. The van der Waals surface area contributed by atoms with Crippen molar-refractivity contribution in [1.29, 1.82) is 0 Å². The largest absolute Gasteiger partial charge is 0.372 e. The van der Waals surface area contributed by atoms with Gasteiger partial charge in [0.1, 0.15) is 0 Å². The molecule has 0 aliphatic carbocycles. The van der Waals surface area contributed by atoms with Gasteiger partial charge in [-0.25, -0.2) is 0 Å². The molecule has 0 aromatic heterocycles. The quantitative estimate of drug-likeness (QED) is 0.815. The standard InChI is InChI=1S/C11H18N2.ClH/c1-2-13(10-6-9-12)11-7-4-3-5-8-11;/h3-5,7-8H,2,6,9-10,12H2,1H3;1H. The van der Waals surface area contributed by atoms with Crippen molar-refractivity contribution < 1.29 is 0 Å². The minimum absolute atomic E-state index is 0. The Balaban J connectivity index is 0.00000169. The van der Waals surface area contributed by atoms with Crippen LogP contribution in [0.4, 0.5) is 5.69 Å². The molecule has 0 spiro atoms. The third-order valence-electron chi connectivity index (χ3n) is 2.14. The number of halogens is 1. The molecular formula is C11H19ClN2. The van der Waals surface area contributed by atoms with E-state index in [0.717, 1.165) is 26.1 Å². The van der Waals surface area contributed by atoms with E-state index >= 15 is 0 Å². The molecule has 0 radical (unpaired) electrons. The summed E-state index contributed by atoms with van der Waals surface area (Å²) < 4.78 is 0. The molecule has 14 heavy (non-hydrogen) atoms. The highest BCUT2D eigenvalue weighted by Gasteiger charge is 2.00. The predicted molar refractivity (Wildman–Crippen MR) is 65.2 cm³/mol. The summed E-state index contributed by atoms with van der Waals surface area (Å²) >= 11 is 0. The highest BCUT2D eigenvalue weighted by Crippen LogP contribution is 2.12. The van der Waals surface area contributed by atoms with Crippen LogP contribution < -0.4 is 10.6 Å². The van der Waals surface area contributed by atoms with Gasteiger partial charge in [0, 0.05) is 18.8 Å². The lowest BCUT2D eigenvalue weighted by Gasteiger charge is -2.22. The van der Waals surface area contributed by atoms with E-state index in [4.69, 9.17) is 5.73 Å². The van der Waals surface area contributed by atoms with Crippen molar-refractivity contribution in [3.8, 4) is 0 Å². The van der Waals surface area contributed by atoms with Gasteiger partial charge in [0.05, 0.1) is 0 Å². The zero-order valence-corrected chi connectivity index (χ0v) is 9.46. The Morgan fingerprint density at radius 1 is 1.21 bits per heavy atom. The van der Waals surface area contributed by atoms with Gasteiger partial charge in [-0.15, -0.1) is 12.4 Å². The third kappa shape index (κ3) is 3.99. The van der Waals surface area contributed by atoms with Crippen molar-refractivity contribution in [3.63, 3.8) is 0 Å². The average Bonchev–Trinajstić information content (AvgIpc) is 2.21. The number of para-hydroxylation sites is 1. The fraction of sp³-hybridized carbons (Fsp3) is 0.455. The first-order valence-electron chi connectivity index (χ1n) is 4.88. The van der Waals surface area contributed by atoms with Crippen LogP contribution in [-0.4, -0.2) is 19.6 Å². The fourth-order valence-electron chi connectivity index (χ4n) is 1.39. The minimum Gasteiger partial charge on any atom is -0.372 e. The number of nitrogens with zero attached hydrogens (tertiary/aromatic N) is 1. The molecule has 1 aromatic carbocycles. The Labute approximate surface area is 92.5 Å². The smallest absolute Gasteiger partial charge is 0.0366 e. The second-order valence-corrected chi connectivity index (χ2v) is 3.06. The van der Waals surface area contributed by atoms with Crippen LogP contribution in [0.25, 0.3) is 0 Å². The van der Waals surface area contributed by atoms with Gasteiger partial charge in [0.2, 0.25) is 0 Å². The first-order valence-corrected chi connectivity index (χ1v) is 4.88.